The van der Waals surface area contributed by atoms with Crippen LogP contribution in [0.15, 0.2) is 35.6 Å². The molecule has 7 nitrogen and oxygen atoms in total. The minimum Gasteiger partial charge on any atom is -0.357 e. The first-order chi connectivity index (χ1) is 12.3. The molecule has 0 amide bonds. The van der Waals surface area contributed by atoms with Gasteiger partial charge < -0.3 is 15.5 Å². The molecular weight excluding hydrogens is 314 g/mol. The fourth-order valence-corrected chi connectivity index (χ4v) is 3.18. The van der Waals surface area contributed by atoms with Crippen molar-refractivity contribution in [3.8, 4) is 0 Å². The van der Waals surface area contributed by atoms with Crippen molar-refractivity contribution in [3.05, 3.63) is 30.6 Å². The van der Waals surface area contributed by atoms with Crippen molar-refractivity contribution in [2.24, 2.45) is 4.99 Å². The van der Waals surface area contributed by atoms with E-state index in [4.69, 9.17) is 4.99 Å². The summed E-state index contributed by atoms with van der Waals surface area (Å²) >= 11 is 0. The molecule has 1 aliphatic carbocycles. The molecule has 0 spiro atoms. The van der Waals surface area contributed by atoms with Crippen LogP contribution in [-0.2, 0) is 0 Å². The Kier molecular flexibility index (Phi) is 6.62. The molecule has 25 heavy (non-hydrogen) atoms. The topological polar surface area (TPSA) is 68.7 Å². The molecule has 136 valence electrons. The first-order valence-corrected chi connectivity index (χ1v) is 9.29. The Balaban J connectivity index is 1.40. The van der Waals surface area contributed by atoms with Gasteiger partial charge in [0.2, 0.25) is 5.95 Å². The van der Waals surface area contributed by atoms with Gasteiger partial charge in [0, 0.05) is 57.7 Å². The molecule has 1 aromatic heterocycles. The monoisotopic (exact) mass is 343 g/mol. The SMILES string of the molecule is CCNC(=NCCN1CCN(c2ncccn2)CC1)NC1CC=CC1. The van der Waals surface area contributed by atoms with Gasteiger partial charge in [-0.2, -0.15) is 0 Å². The normalized spacial score (nSPS) is 19.4. The Morgan fingerprint density at radius 3 is 2.56 bits per heavy atom. The van der Waals surface area contributed by atoms with Gasteiger partial charge in [-0.05, 0) is 25.8 Å². The predicted molar refractivity (Wildman–Crippen MR) is 102 cm³/mol. The lowest BCUT2D eigenvalue weighted by atomic mass is 10.2. The molecule has 2 aliphatic rings. The molecule has 0 saturated carbocycles. The first kappa shape index (κ1) is 17.7. The van der Waals surface area contributed by atoms with Crippen LogP contribution >= 0.6 is 0 Å². The second kappa shape index (κ2) is 9.36. The lowest BCUT2D eigenvalue weighted by molar-refractivity contribution is 0.263. The summed E-state index contributed by atoms with van der Waals surface area (Å²) in [5.41, 5.74) is 0. The Hall–Kier alpha value is -2.15. The molecule has 2 N–H and O–H groups in total. The van der Waals surface area contributed by atoms with Crippen LogP contribution in [0, 0.1) is 0 Å². The predicted octanol–water partition coefficient (Wildman–Crippen LogP) is 0.872. The second-order valence-electron chi connectivity index (χ2n) is 6.42. The van der Waals surface area contributed by atoms with Gasteiger partial charge in [-0.25, -0.2) is 9.97 Å². The van der Waals surface area contributed by atoms with Gasteiger partial charge in [0.1, 0.15) is 0 Å². The number of hydrogen-bond acceptors (Lipinski definition) is 5. The summed E-state index contributed by atoms with van der Waals surface area (Å²) in [6, 6.07) is 2.35. The Labute approximate surface area is 150 Å². The van der Waals surface area contributed by atoms with Crippen LogP contribution in [0.1, 0.15) is 19.8 Å². The van der Waals surface area contributed by atoms with Gasteiger partial charge in [0.05, 0.1) is 6.54 Å². The van der Waals surface area contributed by atoms with Crippen molar-refractivity contribution in [1.82, 2.24) is 25.5 Å². The summed E-state index contributed by atoms with van der Waals surface area (Å²) < 4.78 is 0. The third kappa shape index (κ3) is 5.42. The van der Waals surface area contributed by atoms with E-state index >= 15 is 0 Å². The number of guanidine groups is 1. The van der Waals surface area contributed by atoms with Crippen LogP contribution in [0.25, 0.3) is 0 Å². The molecule has 1 fully saturated rings. The van der Waals surface area contributed by atoms with E-state index in [1.165, 1.54) is 0 Å². The molecule has 0 aromatic carbocycles. The van der Waals surface area contributed by atoms with E-state index in [1.807, 2.05) is 6.07 Å². The number of aromatic nitrogens is 2. The van der Waals surface area contributed by atoms with Crippen molar-refractivity contribution in [2.75, 3.05) is 50.7 Å². The van der Waals surface area contributed by atoms with Crippen molar-refractivity contribution >= 4 is 11.9 Å². The van der Waals surface area contributed by atoms with E-state index in [0.717, 1.165) is 70.6 Å². The molecule has 1 saturated heterocycles. The van der Waals surface area contributed by atoms with Crippen LogP contribution in [0.4, 0.5) is 5.95 Å². The van der Waals surface area contributed by atoms with Crippen LogP contribution in [0.5, 0.6) is 0 Å². The smallest absolute Gasteiger partial charge is 0.225 e. The Bertz CT molecular complexity index is 556. The van der Waals surface area contributed by atoms with E-state index in [1.54, 1.807) is 12.4 Å². The maximum absolute atomic E-state index is 4.73. The van der Waals surface area contributed by atoms with E-state index in [2.05, 4.69) is 49.5 Å². The van der Waals surface area contributed by atoms with Crippen LogP contribution in [0.3, 0.4) is 0 Å². The van der Waals surface area contributed by atoms with Gasteiger partial charge in [0.25, 0.3) is 0 Å². The minimum atomic E-state index is 0.493. The van der Waals surface area contributed by atoms with Gasteiger partial charge in [-0.3, -0.25) is 9.89 Å². The highest BCUT2D eigenvalue weighted by Crippen LogP contribution is 2.10. The zero-order chi connectivity index (χ0) is 17.3. The van der Waals surface area contributed by atoms with E-state index in [0.29, 0.717) is 6.04 Å². The molecule has 1 aromatic rings. The van der Waals surface area contributed by atoms with Gasteiger partial charge in [-0.15, -0.1) is 0 Å². The number of rotatable bonds is 6. The molecule has 0 bridgehead atoms. The number of aliphatic imine (C=N–C) groups is 1. The molecule has 2 heterocycles. The number of nitrogens with zero attached hydrogens (tertiary/aromatic N) is 5. The van der Waals surface area contributed by atoms with E-state index in [9.17, 15) is 0 Å². The Morgan fingerprint density at radius 1 is 1.16 bits per heavy atom. The summed E-state index contributed by atoms with van der Waals surface area (Å²) in [5.74, 6) is 1.77. The fraction of sp³-hybridized carbons (Fsp3) is 0.611. The molecule has 7 heteroatoms. The maximum atomic E-state index is 4.73. The highest BCUT2D eigenvalue weighted by Gasteiger charge is 2.18. The van der Waals surface area contributed by atoms with Gasteiger partial charge in [-0.1, -0.05) is 12.2 Å². The van der Waals surface area contributed by atoms with Crippen LogP contribution < -0.4 is 15.5 Å². The number of anilines is 1. The molecule has 0 radical (unpaired) electrons. The Morgan fingerprint density at radius 2 is 1.88 bits per heavy atom. The zero-order valence-corrected chi connectivity index (χ0v) is 15.1. The summed E-state index contributed by atoms with van der Waals surface area (Å²) in [4.78, 5) is 18.1. The summed E-state index contributed by atoms with van der Waals surface area (Å²) in [7, 11) is 0. The van der Waals surface area contributed by atoms with Crippen molar-refractivity contribution in [3.63, 3.8) is 0 Å². The lowest BCUT2D eigenvalue weighted by Crippen LogP contribution is -2.48. The second-order valence-corrected chi connectivity index (χ2v) is 6.42. The number of piperazine rings is 1. The largest absolute Gasteiger partial charge is 0.357 e. The molecule has 1 aliphatic heterocycles. The minimum absolute atomic E-state index is 0.493. The van der Waals surface area contributed by atoms with Crippen molar-refractivity contribution in [1.29, 1.82) is 0 Å². The fourth-order valence-electron chi connectivity index (χ4n) is 3.18. The molecule has 0 atom stereocenters. The zero-order valence-electron chi connectivity index (χ0n) is 15.1. The van der Waals surface area contributed by atoms with Gasteiger partial charge in [0.15, 0.2) is 5.96 Å². The van der Waals surface area contributed by atoms with Crippen LogP contribution in [-0.4, -0.2) is 72.7 Å². The molecule has 0 unspecified atom stereocenters. The third-order valence-electron chi connectivity index (χ3n) is 4.59. The van der Waals surface area contributed by atoms with Crippen LogP contribution in [0.2, 0.25) is 0 Å². The quantitative estimate of drug-likeness (QED) is 0.454. The van der Waals surface area contributed by atoms with Crippen molar-refractivity contribution < 1.29 is 0 Å². The van der Waals surface area contributed by atoms with E-state index in [-0.39, 0.29) is 0 Å². The summed E-state index contributed by atoms with van der Waals surface area (Å²) in [6.45, 7) is 8.81. The number of nitrogens with one attached hydrogen (secondary N) is 2. The summed E-state index contributed by atoms with van der Waals surface area (Å²) in [6.07, 6.45) is 10.3. The summed E-state index contributed by atoms with van der Waals surface area (Å²) in [5, 5.41) is 6.86. The standard InChI is InChI=1S/C18H29N7/c1-2-19-17(23-16-6-3-4-7-16)20-10-11-24-12-14-25(15-13-24)18-21-8-5-9-22-18/h3-5,8-9,16H,2,6-7,10-15H2,1H3,(H2,19,20,23). The molecular formula is C18H29N7. The number of hydrogen-bond donors (Lipinski definition) is 2. The highest BCUT2D eigenvalue weighted by molar-refractivity contribution is 5.80. The van der Waals surface area contributed by atoms with Crippen molar-refractivity contribution in [2.45, 2.75) is 25.8 Å². The average Bonchev–Trinajstić information content (AvgIpc) is 3.16. The first-order valence-electron chi connectivity index (χ1n) is 9.29. The average molecular weight is 343 g/mol. The molecule has 3 rings (SSSR count). The highest BCUT2D eigenvalue weighted by atomic mass is 15.3. The van der Waals surface area contributed by atoms with E-state index < -0.39 is 0 Å². The third-order valence-corrected chi connectivity index (χ3v) is 4.59. The maximum Gasteiger partial charge on any atom is 0.225 e. The van der Waals surface area contributed by atoms with Gasteiger partial charge >= 0.3 is 0 Å². The lowest BCUT2D eigenvalue weighted by Gasteiger charge is -2.34.